The molecule has 0 spiro atoms. The fourth-order valence-corrected chi connectivity index (χ4v) is 2.59. The fourth-order valence-electron chi connectivity index (χ4n) is 2.59. The molecule has 5 heteroatoms. The zero-order chi connectivity index (χ0) is 17.6. The number of halogens is 2. The molecule has 25 heavy (non-hydrogen) atoms. The summed E-state index contributed by atoms with van der Waals surface area (Å²) in [6.45, 7) is 0. The minimum absolute atomic E-state index is 0.116. The van der Waals surface area contributed by atoms with E-state index in [9.17, 15) is 13.6 Å². The van der Waals surface area contributed by atoms with Crippen molar-refractivity contribution in [2.45, 2.75) is 12.3 Å². The van der Waals surface area contributed by atoms with E-state index in [1.54, 1.807) is 42.7 Å². The zero-order valence-corrected chi connectivity index (χ0v) is 13.3. The zero-order valence-electron chi connectivity index (χ0n) is 13.3. The van der Waals surface area contributed by atoms with Gasteiger partial charge in [-0.25, -0.2) is 8.78 Å². The van der Waals surface area contributed by atoms with Crippen molar-refractivity contribution in [1.29, 1.82) is 0 Å². The van der Waals surface area contributed by atoms with Crippen LogP contribution in [0.1, 0.15) is 17.0 Å². The van der Waals surface area contributed by atoms with Crippen LogP contribution in [0.15, 0.2) is 73.1 Å². The number of amides is 1. The molecule has 1 atom stereocenters. The van der Waals surface area contributed by atoms with Crippen LogP contribution in [0.5, 0.6) is 0 Å². The lowest BCUT2D eigenvalue weighted by molar-refractivity contribution is -0.117. The van der Waals surface area contributed by atoms with Crippen LogP contribution in [-0.2, 0) is 11.2 Å². The van der Waals surface area contributed by atoms with Crippen LogP contribution in [0.4, 0.5) is 14.5 Å². The lowest BCUT2D eigenvalue weighted by Gasteiger charge is -2.18. The molecule has 3 rings (SSSR count). The molecule has 0 aliphatic heterocycles. The number of carbonyl (C=O) groups excluding carboxylic acids is 1. The molecule has 0 saturated carbocycles. The van der Waals surface area contributed by atoms with E-state index in [1.807, 2.05) is 6.07 Å². The van der Waals surface area contributed by atoms with Gasteiger partial charge in [0.15, 0.2) is 0 Å². The highest BCUT2D eigenvalue weighted by Gasteiger charge is 2.22. The predicted octanol–water partition coefficient (Wildman–Crippen LogP) is 4.32. The number of hydrogen-bond donors (Lipinski definition) is 1. The Morgan fingerprint density at radius 1 is 1.00 bits per heavy atom. The summed E-state index contributed by atoms with van der Waals surface area (Å²) < 4.78 is 27.0. The largest absolute Gasteiger partial charge is 0.323 e. The second kappa shape index (κ2) is 7.66. The standard InChI is InChI=1S/C20H16F2N2O/c21-16-9-7-15(8-10-16)17(12-14-4-3-11-23-13-14)20(25)24-19-6-2-1-5-18(19)22/h1-11,13,17H,12H2,(H,24,25). The number of para-hydroxylation sites is 1. The Labute approximate surface area is 144 Å². The molecule has 0 saturated heterocycles. The highest BCUT2D eigenvalue weighted by molar-refractivity contribution is 5.96. The van der Waals surface area contributed by atoms with Gasteiger partial charge >= 0.3 is 0 Å². The van der Waals surface area contributed by atoms with Gasteiger partial charge in [-0.2, -0.15) is 0 Å². The van der Waals surface area contributed by atoms with Crippen molar-refractivity contribution in [2.75, 3.05) is 5.32 Å². The molecule has 0 radical (unpaired) electrons. The third-order valence-electron chi connectivity index (χ3n) is 3.88. The first-order chi connectivity index (χ1) is 12.1. The Kier molecular flexibility index (Phi) is 5.14. The number of nitrogens with one attached hydrogen (secondary N) is 1. The highest BCUT2D eigenvalue weighted by Crippen LogP contribution is 2.24. The van der Waals surface area contributed by atoms with Crippen LogP contribution in [0.2, 0.25) is 0 Å². The van der Waals surface area contributed by atoms with Crippen molar-refractivity contribution in [3.05, 3.63) is 95.8 Å². The lowest BCUT2D eigenvalue weighted by Crippen LogP contribution is -2.23. The number of anilines is 1. The fraction of sp³-hybridized carbons (Fsp3) is 0.100. The second-order valence-corrected chi connectivity index (χ2v) is 5.64. The van der Waals surface area contributed by atoms with E-state index in [0.717, 1.165) is 5.56 Å². The summed E-state index contributed by atoms with van der Waals surface area (Å²) in [4.78, 5) is 16.8. The van der Waals surface area contributed by atoms with E-state index < -0.39 is 11.7 Å². The molecule has 126 valence electrons. The van der Waals surface area contributed by atoms with Gasteiger partial charge in [0, 0.05) is 12.4 Å². The van der Waals surface area contributed by atoms with Gasteiger partial charge in [-0.1, -0.05) is 30.3 Å². The molecule has 0 bridgehead atoms. The van der Waals surface area contributed by atoms with Crippen molar-refractivity contribution in [2.24, 2.45) is 0 Å². The minimum Gasteiger partial charge on any atom is -0.323 e. The van der Waals surface area contributed by atoms with Gasteiger partial charge in [0.1, 0.15) is 11.6 Å². The first-order valence-electron chi connectivity index (χ1n) is 7.83. The van der Waals surface area contributed by atoms with Crippen molar-refractivity contribution >= 4 is 11.6 Å². The number of rotatable bonds is 5. The minimum atomic E-state index is -0.593. The van der Waals surface area contributed by atoms with Gasteiger partial charge in [0.25, 0.3) is 0 Å². The average Bonchev–Trinajstić information content (AvgIpc) is 2.63. The SMILES string of the molecule is O=C(Nc1ccccc1F)C(Cc1cccnc1)c1ccc(F)cc1. The average molecular weight is 338 g/mol. The molecule has 0 aliphatic rings. The Bertz CT molecular complexity index is 851. The quantitative estimate of drug-likeness (QED) is 0.752. The summed E-state index contributed by atoms with van der Waals surface area (Å²) in [6, 6.07) is 15.4. The van der Waals surface area contributed by atoms with Crippen LogP contribution >= 0.6 is 0 Å². The number of aromatic nitrogens is 1. The molecular weight excluding hydrogens is 322 g/mol. The molecule has 1 heterocycles. The van der Waals surface area contributed by atoms with Crippen LogP contribution in [0.25, 0.3) is 0 Å². The third-order valence-corrected chi connectivity index (χ3v) is 3.88. The first kappa shape index (κ1) is 16.8. The number of nitrogens with zero attached hydrogens (tertiary/aromatic N) is 1. The molecule has 1 aromatic heterocycles. The van der Waals surface area contributed by atoms with E-state index in [1.165, 1.54) is 24.3 Å². The predicted molar refractivity (Wildman–Crippen MR) is 92.1 cm³/mol. The van der Waals surface area contributed by atoms with E-state index >= 15 is 0 Å². The van der Waals surface area contributed by atoms with Crippen LogP contribution in [0, 0.1) is 11.6 Å². The first-order valence-corrected chi connectivity index (χ1v) is 7.83. The van der Waals surface area contributed by atoms with Gasteiger partial charge in [-0.3, -0.25) is 9.78 Å². The molecule has 1 amide bonds. The molecule has 3 aromatic rings. The molecule has 0 fully saturated rings. The van der Waals surface area contributed by atoms with Crippen LogP contribution < -0.4 is 5.32 Å². The molecule has 2 aromatic carbocycles. The number of pyridine rings is 1. The maximum absolute atomic E-state index is 13.8. The Morgan fingerprint density at radius 3 is 2.44 bits per heavy atom. The van der Waals surface area contributed by atoms with Crippen LogP contribution in [0.3, 0.4) is 0 Å². The summed E-state index contributed by atoms with van der Waals surface area (Å²) in [5.74, 6) is -1.83. The van der Waals surface area contributed by atoms with Gasteiger partial charge in [0.05, 0.1) is 11.6 Å². The summed E-state index contributed by atoms with van der Waals surface area (Å²) in [6.07, 6.45) is 3.70. The summed E-state index contributed by atoms with van der Waals surface area (Å²) in [7, 11) is 0. The number of carbonyl (C=O) groups is 1. The molecule has 1 N–H and O–H groups in total. The number of hydrogen-bond acceptors (Lipinski definition) is 2. The van der Waals surface area contributed by atoms with E-state index in [4.69, 9.17) is 0 Å². The molecular formula is C20H16F2N2O. The van der Waals surface area contributed by atoms with Crippen molar-refractivity contribution in [3.63, 3.8) is 0 Å². The van der Waals surface area contributed by atoms with Gasteiger partial charge in [-0.05, 0) is 47.9 Å². The Morgan fingerprint density at radius 2 is 1.76 bits per heavy atom. The summed E-state index contributed by atoms with van der Waals surface area (Å²) >= 11 is 0. The van der Waals surface area contributed by atoms with Crippen molar-refractivity contribution in [1.82, 2.24) is 4.98 Å². The Balaban J connectivity index is 1.88. The van der Waals surface area contributed by atoms with Crippen LogP contribution in [-0.4, -0.2) is 10.9 Å². The van der Waals surface area contributed by atoms with Gasteiger partial charge < -0.3 is 5.32 Å². The number of benzene rings is 2. The van der Waals surface area contributed by atoms with Crippen molar-refractivity contribution < 1.29 is 13.6 Å². The monoisotopic (exact) mass is 338 g/mol. The van der Waals surface area contributed by atoms with Gasteiger partial charge in [0.2, 0.25) is 5.91 Å². The van der Waals surface area contributed by atoms with Crippen molar-refractivity contribution in [3.8, 4) is 0 Å². The molecule has 1 unspecified atom stereocenters. The second-order valence-electron chi connectivity index (χ2n) is 5.64. The van der Waals surface area contributed by atoms with Gasteiger partial charge in [-0.15, -0.1) is 0 Å². The maximum atomic E-state index is 13.8. The molecule has 3 nitrogen and oxygen atoms in total. The maximum Gasteiger partial charge on any atom is 0.232 e. The lowest BCUT2D eigenvalue weighted by atomic mass is 9.91. The smallest absolute Gasteiger partial charge is 0.232 e. The Hall–Kier alpha value is -3.08. The topological polar surface area (TPSA) is 42.0 Å². The van der Waals surface area contributed by atoms with E-state index in [2.05, 4.69) is 10.3 Å². The van der Waals surface area contributed by atoms with E-state index in [-0.39, 0.29) is 17.4 Å². The summed E-state index contributed by atoms with van der Waals surface area (Å²) in [5, 5.41) is 2.62. The summed E-state index contributed by atoms with van der Waals surface area (Å²) in [5.41, 5.74) is 1.63. The third kappa shape index (κ3) is 4.26. The highest BCUT2D eigenvalue weighted by atomic mass is 19.1. The normalized spacial score (nSPS) is 11.8. The molecule has 0 aliphatic carbocycles. The van der Waals surface area contributed by atoms with E-state index in [0.29, 0.717) is 12.0 Å².